The van der Waals surface area contributed by atoms with Crippen molar-refractivity contribution in [2.75, 3.05) is 19.1 Å². The van der Waals surface area contributed by atoms with Gasteiger partial charge in [0.15, 0.2) is 0 Å². The monoisotopic (exact) mass is 314 g/mol. The number of esters is 1. The second-order valence-electron chi connectivity index (χ2n) is 4.58. The predicted octanol–water partition coefficient (Wildman–Crippen LogP) is 1.84. The summed E-state index contributed by atoms with van der Waals surface area (Å²) >= 11 is 0. The van der Waals surface area contributed by atoms with Crippen molar-refractivity contribution in [1.82, 2.24) is 4.98 Å². The van der Waals surface area contributed by atoms with Crippen molar-refractivity contribution in [2.24, 2.45) is 0 Å². The summed E-state index contributed by atoms with van der Waals surface area (Å²) < 4.78 is 4.69. The Hall–Kier alpha value is -3.22. The van der Waals surface area contributed by atoms with Crippen LogP contribution in [0.15, 0.2) is 42.6 Å². The Kier molecular flexibility index (Phi) is 4.70. The molecule has 7 nitrogen and oxygen atoms in total. The second-order valence-corrected chi connectivity index (χ2v) is 4.58. The first-order chi connectivity index (χ1) is 11.0. The summed E-state index contributed by atoms with van der Waals surface area (Å²) in [7, 11) is 2.67. The number of ether oxygens (including phenoxy) is 1. The molecular weight excluding hydrogens is 300 g/mol. The lowest BCUT2D eigenvalue weighted by Crippen LogP contribution is -2.30. The van der Waals surface area contributed by atoms with E-state index in [1.807, 2.05) is 0 Å². The van der Waals surface area contributed by atoms with Crippen molar-refractivity contribution in [3.63, 3.8) is 0 Å². The summed E-state index contributed by atoms with van der Waals surface area (Å²) in [5.41, 5.74) is 0.0760. The van der Waals surface area contributed by atoms with Crippen molar-refractivity contribution in [3.8, 4) is 0 Å². The normalized spacial score (nSPS) is 10.0. The number of aromatic carboxylic acids is 1. The van der Waals surface area contributed by atoms with Gasteiger partial charge in [0, 0.05) is 13.2 Å². The highest BCUT2D eigenvalue weighted by molar-refractivity contribution is 6.12. The molecule has 2 aromatic rings. The van der Waals surface area contributed by atoms with Crippen LogP contribution in [-0.4, -0.2) is 42.1 Å². The lowest BCUT2D eigenvalue weighted by molar-refractivity contribution is 0.0600. The van der Waals surface area contributed by atoms with Crippen molar-refractivity contribution >= 4 is 23.5 Å². The van der Waals surface area contributed by atoms with Gasteiger partial charge in [-0.3, -0.25) is 9.78 Å². The van der Waals surface area contributed by atoms with Gasteiger partial charge >= 0.3 is 11.9 Å². The molecule has 0 saturated heterocycles. The highest BCUT2D eigenvalue weighted by atomic mass is 16.5. The third-order valence-electron chi connectivity index (χ3n) is 3.22. The van der Waals surface area contributed by atoms with Crippen LogP contribution in [0.25, 0.3) is 0 Å². The van der Waals surface area contributed by atoms with Crippen LogP contribution in [0.3, 0.4) is 0 Å². The van der Waals surface area contributed by atoms with Crippen molar-refractivity contribution in [2.45, 2.75) is 0 Å². The van der Waals surface area contributed by atoms with Gasteiger partial charge in [0.25, 0.3) is 5.91 Å². The number of hydrogen-bond acceptors (Lipinski definition) is 5. The maximum Gasteiger partial charge on any atom is 0.339 e. The van der Waals surface area contributed by atoms with E-state index in [2.05, 4.69) is 9.72 Å². The standard InChI is InChI=1S/C16H14N2O5/c1-18(12-8-4-3-6-10(12)16(22)23-2)14(19)13-11(15(20)21)7-5-9-17-13/h3-9H,1-2H3,(H,20,21). The molecule has 0 fully saturated rings. The Labute approximate surface area is 132 Å². The maximum atomic E-state index is 12.6. The van der Waals surface area contributed by atoms with Gasteiger partial charge in [-0.15, -0.1) is 0 Å². The number of rotatable bonds is 4. The van der Waals surface area contributed by atoms with Crippen LogP contribution in [0, 0.1) is 0 Å². The molecule has 1 amide bonds. The van der Waals surface area contributed by atoms with Gasteiger partial charge in [0.05, 0.1) is 23.9 Å². The van der Waals surface area contributed by atoms with Crippen LogP contribution in [0.1, 0.15) is 31.2 Å². The number of methoxy groups -OCH3 is 1. The highest BCUT2D eigenvalue weighted by Crippen LogP contribution is 2.22. The van der Waals surface area contributed by atoms with Crippen molar-refractivity contribution in [3.05, 3.63) is 59.4 Å². The Bertz CT molecular complexity index is 773. The molecule has 1 aromatic carbocycles. The zero-order valence-corrected chi connectivity index (χ0v) is 12.5. The topological polar surface area (TPSA) is 96.8 Å². The number of carbonyl (C=O) groups excluding carboxylic acids is 2. The minimum Gasteiger partial charge on any atom is -0.478 e. The molecule has 7 heteroatoms. The van der Waals surface area contributed by atoms with E-state index >= 15 is 0 Å². The minimum atomic E-state index is -1.25. The predicted molar refractivity (Wildman–Crippen MR) is 81.7 cm³/mol. The first-order valence-corrected chi connectivity index (χ1v) is 6.61. The Morgan fingerprint density at radius 1 is 1.09 bits per heavy atom. The van der Waals surface area contributed by atoms with Crippen molar-refractivity contribution in [1.29, 1.82) is 0 Å². The Balaban J connectivity index is 2.46. The van der Waals surface area contributed by atoms with Gasteiger partial charge in [-0.1, -0.05) is 12.1 Å². The van der Waals surface area contributed by atoms with Gasteiger partial charge in [-0.25, -0.2) is 9.59 Å². The van der Waals surface area contributed by atoms with Gasteiger partial charge in [-0.05, 0) is 24.3 Å². The van der Waals surface area contributed by atoms with E-state index in [4.69, 9.17) is 5.11 Å². The van der Waals surface area contributed by atoms with E-state index in [-0.39, 0.29) is 16.8 Å². The molecule has 0 unspecified atom stereocenters. The van der Waals surface area contributed by atoms with E-state index in [0.29, 0.717) is 5.69 Å². The molecule has 1 N–H and O–H groups in total. The Morgan fingerprint density at radius 2 is 1.74 bits per heavy atom. The van der Waals surface area contributed by atoms with Crippen LogP contribution in [0.5, 0.6) is 0 Å². The number of pyridine rings is 1. The SMILES string of the molecule is COC(=O)c1ccccc1N(C)C(=O)c1ncccc1C(=O)O. The lowest BCUT2D eigenvalue weighted by atomic mass is 10.1. The molecule has 0 radical (unpaired) electrons. The minimum absolute atomic E-state index is 0.193. The molecule has 0 aliphatic carbocycles. The molecule has 2 rings (SSSR count). The average Bonchev–Trinajstić information content (AvgIpc) is 2.59. The Morgan fingerprint density at radius 3 is 2.39 bits per heavy atom. The fourth-order valence-corrected chi connectivity index (χ4v) is 2.07. The van der Waals surface area contributed by atoms with Gasteiger partial charge in [0.2, 0.25) is 0 Å². The number of nitrogens with zero attached hydrogens (tertiary/aromatic N) is 2. The molecule has 118 valence electrons. The summed E-state index contributed by atoms with van der Waals surface area (Å²) in [6.07, 6.45) is 1.33. The van der Waals surface area contributed by atoms with E-state index in [9.17, 15) is 14.4 Å². The van der Waals surface area contributed by atoms with Crippen molar-refractivity contribution < 1.29 is 24.2 Å². The lowest BCUT2D eigenvalue weighted by Gasteiger charge is -2.20. The van der Waals surface area contributed by atoms with E-state index in [1.165, 1.54) is 43.5 Å². The summed E-state index contributed by atoms with van der Waals surface area (Å²) in [5.74, 6) is -2.49. The molecule has 0 spiro atoms. The molecule has 1 aromatic heterocycles. The largest absolute Gasteiger partial charge is 0.478 e. The van der Waals surface area contributed by atoms with E-state index in [0.717, 1.165) is 0 Å². The second kappa shape index (κ2) is 6.69. The number of para-hydroxylation sites is 1. The summed E-state index contributed by atoms with van der Waals surface area (Å²) in [6.45, 7) is 0. The first kappa shape index (κ1) is 16.2. The molecule has 0 atom stereocenters. The molecule has 23 heavy (non-hydrogen) atoms. The van der Waals surface area contributed by atoms with Gasteiger partial charge < -0.3 is 14.7 Å². The molecule has 1 heterocycles. The van der Waals surface area contributed by atoms with Crippen LogP contribution in [-0.2, 0) is 4.74 Å². The number of benzene rings is 1. The highest BCUT2D eigenvalue weighted by Gasteiger charge is 2.24. The number of hydrogen-bond donors (Lipinski definition) is 1. The molecule has 0 aliphatic heterocycles. The van der Waals surface area contributed by atoms with Crippen LogP contribution >= 0.6 is 0 Å². The fourth-order valence-electron chi connectivity index (χ4n) is 2.07. The van der Waals surface area contributed by atoms with Gasteiger partial charge in [-0.2, -0.15) is 0 Å². The zero-order valence-electron chi connectivity index (χ0n) is 12.5. The third-order valence-corrected chi connectivity index (χ3v) is 3.22. The summed E-state index contributed by atoms with van der Waals surface area (Å²) in [5, 5.41) is 9.16. The summed E-state index contributed by atoms with van der Waals surface area (Å²) in [4.78, 5) is 40.6. The van der Waals surface area contributed by atoms with E-state index < -0.39 is 17.8 Å². The fraction of sp³-hybridized carbons (Fsp3) is 0.125. The van der Waals surface area contributed by atoms with Crippen LogP contribution in [0.4, 0.5) is 5.69 Å². The number of anilines is 1. The van der Waals surface area contributed by atoms with Crippen LogP contribution in [0.2, 0.25) is 0 Å². The van der Waals surface area contributed by atoms with Gasteiger partial charge in [0.1, 0.15) is 5.69 Å². The quantitative estimate of drug-likeness (QED) is 0.865. The molecule has 0 bridgehead atoms. The van der Waals surface area contributed by atoms with E-state index in [1.54, 1.807) is 18.2 Å². The number of carbonyl (C=O) groups is 3. The number of aromatic nitrogens is 1. The number of amides is 1. The third kappa shape index (κ3) is 3.18. The summed E-state index contributed by atoms with van der Waals surface area (Å²) in [6, 6.07) is 9.10. The number of carboxylic acid groups (broad SMARTS) is 1. The average molecular weight is 314 g/mol. The zero-order chi connectivity index (χ0) is 17.0. The first-order valence-electron chi connectivity index (χ1n) is 6.61. The molecular formula is C16H14N2O5. The van der Waals surface area contributed by atoms with Crippen LogP contribution < -0.4 is 4.90 Å². The smallest absolute Gasteiger partial charge is 0.339 e. The number of carboxylic acids is 1. The molecule has 0 aliphatic rings. The molecule has 0 saturated carbocycles. The maximum absolute atomic E-state index is 12.6.